The molecule has 0 saturated carbocycles. The van der Waals surface area contributed by atoms with Crippen LogP contribution >= 0.6 is 34.5 Å². The minimum atomic E-state index is -1.10. The van der Waals surface area contributed by atoms with Crippen molar-refractivity contribution >= 4 is 63.1 Å². The Kier molecular flexibility index (Phi) is 8.44. The fourth-order valence-corrected chi connectivity index (χ4v) is 5.32. The van der Waals surface area contributed by atoms with Crippen molar-refractivity contribution in [3.63, 3.8) is 0 Å². The lowest BCUT2D eigenvalue weighted by atomic mass is 9.95. The number of nitrogens with zero attached hydrogens (tertiary/aromatic N) is 2. The monoisotopic (exact) mass is 586 g/mol. The second-order valence-corrected chi connectivity index (χ2v) is 10.6. The molecule has 8 nitrogen and oxygen atoms in total. The molecule has 2 aromatic carbocycles. The van der Waals surface area contributed by atoms with Gasteiger partial charge in [-0.05, 0) is 62.7 Å². The lowest BCUT2D eigenvalue weighted by Gasteiger charge is -2.23. The van der Waals surface area contributed by atoms with Crippen LogP contribution < -0.4 is 9.64 Å². The molecule has 0 aliphatic carbocycles. The number of halogens is 2. The number of carbonyl (C=O) groups is 3. The molecule has 4 rings (SSSR count). The number of rotatable bonds is 8. The zero-order valence-corrected chi connectivity index (χ0v) is 23.6. The number of esters is 1. The summed E-state index contributed by atoms with van der Waals surface area (Å²) in [6.07, 6.45) is 1.38. The van der Waals surface area contributed by atoms with Crippen molar-refractivity contribution in [3.8, 4) is 5.75 Å². The summed E-state index contributed by atoms with van der Waals surface area (Å²) in [4.78, 5) is 45.0. The Bertz CT molecular complexity index is 1500. The van der Waals surface area contributed by atoms with E-state index in [0.717, 1.165) is 16.2 Å². The number of aliphatic hydroxyl groups excluding tert-OH is 1. The van der Waals surface area contributed by atoms with Gasteiger partial charge in [-0.3, -0.25) is 14.5 Å². The van der Waals surface area contributed by atoms with E-state index in [4.69, 9.17) is 32.7 Å². The molecule has 0 bridgehead atoms. The van der Waals surface area contributed by atoms with Gasteiger partial charge in [0.1, 0.15) is 23.0 Å². The predicted octanol–water partition coefficient (Wildman–Crippen LogP) is 6.51. The fraction of sp³-hybridized carbons (Fsp3) is 0.214. The van der Waals surface area contributed by atoms with E-state index in [9.17, 15) is 19.5 Å². The lowest BCUT2D eigenvalue weighted by Crippen LogP contribution is -2.29. The maximum absolute atomic E-state index is 13.4. The smallest absolute Gasteiger partial charge is 0.350 e. The summed E-state index contributed by atoms with van der Waals surface area (Å²) in [7, 11) is 0. The van der Waals surface area contributed by atoms with Gasteiger partial charge in [-0.15, -0.1) is 0 Å². The second kappa shape index (κ2) is 11.6. The van der Waals surface area contributed by atoms with E-state index in [2.05, 4.69) is 11.6 Å². The molecule has 1 atom stereocenters. The van der Waals surface area contributed by atoms with Crippen molar-refractivity contribution < 1.29 is 29.0 Å². The van der Waals surface area contributed by atoms with Crippen LogP contribution in [-0.2, 0) is 14.3 Å². The molecule has 11 heteroatoms. The van der Waals surface area contributed by atoms with Gasteiger partial charge in [-0.25, -0.2) is 9.78 Å². The summed E-state index contributed by atoms with van der Waals surface area (Å²) >= 11 is 13.3. The highest BCUT2D eigenvalue weighted by Crippen LogP contribution is 2.45. The number of aromatic nitrogens is 1. The number of thiazole rings is 1. The summed E-state index contributed by atoms with van der Waals surface area (Å²) in [6.45, 7) is 8.89. The molecular weight excluding hydrogens is 563 g/mol. The largest absolute Gasteiger partial charge is 0.507 e. The number of carbonyl (C=O) groups excluding carboxylic acids is 3. The number of hydrogen-bond acceptors (Lipinski definition) is 8. The topological polar surface area (TPSA) is 106 Å². The molecule has 1 N–H and O–H groups in total. The third kappa shape index (κ3) is 5.71. The Hall–Kier alpha value is -3.66. The Labute approximate surface area is 239 Å². The van der Waals surface area contributed by atoms with Gasteiger partial charge < -0.3 is 14.6 Å². The standard InChI is InChI=1S/C28H24Cl2N2O6S/c1-5-12-37-27(36)25-15(4)31-28(39-25)32-22(17-8-11-19(29)20(30)13-17)21(24(34)26(32)35)23(33)16-6-9-18(10-7-16)38-14(2)3/h5-11,13-14,22,33H,1,12H2,2-4H3/b23-21+. The first-order valence-electron chi connectivity index (χ1n) is 11.8. The van der Waals surface area contributed by atoms with Crippen LogP contribution in [0.25, 0.3) is 5.76 Å². The number of aryl methyl sites for hydroxylation is 1. The zero-order chi connectivity index (χ0) is 28.4. The Morgan fingerprint density at radius 1 is 1.18 bits per heavy atom. The molecular formula is C28H24Cl2N2O6S. The number of benzene rings is 2. The Morgan fingerprint density at radius 3 is 2.49 bits per heavy atom. The first-order chi connectivity index (χ1) is 18.5. The van der Waals surface area contributed by atoms with E-state index >= 15 is 0 Å². The van der Waals surface area contributed by atoms with E-state index in [-0.39, 0.29) is 44.1 Å². The maximum atomic E-state index is 13.4. The molecule has 39 heavy (non-hydrogen) atoms. The molecule has 3 aromatic rings. The van der Waals surface area contributed by atoms with E-state index in [1.54, 1.807) is 37.3 Å². The summed E-state index contributed by atoms with van der Waals surface area (Å²) in [5.74, 6) is -2.29. The maximum Gasteiger partial charge on any atom is 0.350 e. The lowest BCUT2D eigenvalue weighted by molar-refractivity contribution is -0.132. The third-order valence-electron chi connectivity index (χ3n) is 5.71. The number of amides is 1. The molecule has 0 spiro atoms. The van der Waals surface area contributed by atoms with Crippen molar-refractivity contribution in [2.24, 2.45) is 0 Å². The average Bonchev–Trinajstić information content (AvgIpc) is 3.40. The molecule has 1 amide bonds. The van der Waals surface area contributed by atoms with E-state index < -0.39 is 23.7 Å². The van der Waals surface area contributed by atoms with Gasteiger partial charge in [0, 0.05) is 5.56 Å². The van der Waals surface area contributed by atoms with Gasteiger partial charge in [0.05, 0.1) is 33.5 Å². The van der Waals surface area contributed by atoms with Crippen LogP contribution in [0, 0.1) is 6.92 Å². The molecule has 1 aromatic heterocycles. The van der Waals surface area contributed by atoms with Gasteiger partial charge in [-0.2, -0.15) is 0 Å². The minimum Gasteiger partial charge on any atom is -0.507 e. The molecule has 1 saturated heterocycles. The van der Waals surface area contributed by atoms with Crippen molar-refractivity contribution in [3.05, 3.63) is 92.4 Å². The first kappa shape index (κ1) is 28.4. The van der Waals surface area contributed by atoms with Crippen LogP contribution in [0.3, 0.4) is 0 Å². The van der Waals surface area contributed by atoms with Crippen molar-refractivity contribution in [1.82, 2.24) is 4.98 Å². The average molecular weight is 587 g/mol. The highest BCUT2D eigenvalue weighted by molar-refractivity contribution is 7.17. The van der Waals surface area contributed by atoms with E-state index in [1.165, 1.54) is 18.2 Å². The van der Waals surface area contributed by atoms with E-state index in [0.29, 0.717) is 22.6 Å². The third-order valence-corrected chi connectivity index (χ3v) is 7.59. The van der Waals surface area contributed by atoms with Gasteiger partial charge >= 0.3 is 11.9 Å². The molecule has 1 fully saturated rings. The predicted molar refractivity (Wildman–Crippen MR) is 151 cm³/mol. The van der Waals surface area contributed by atoms with Crippen LogP contribution in [0.5, 0.6) is 5.75 Å². The number of anilines is 1. The SMILES string of the molecule is C=CCOC(=O)c1sc(N2C(=O)C(=O)/C(=C(/O)c3ccc(OC(C)C)cc3)C2c2ccc(Cl)c(Cl)c2)nc1C. The molecule has 2 heterocycles. The van der Waals surface area contributed by atoms with Gasteiger partial charge in [0.25, 0.3) is 5.78 Å². The van der Waals surface area contributed by atoms with Gasteiger partial charge in [0.2, 0.25) is 0 Å². The highest BCUT2D eigenvalue weighted by Gasteiger charge is 2.48. The van der Waals surface area contributed by atoms with E-state index in [1.807, 2.05) is 13.8 Å². The van der Waals surface area contributed by atoms with Crippen LogP contribution in [0.2, 0.25) is 10.0 Å². The Morgan fingerprint density at radius 2 is 1.87 bits per heavy atom. The van der Waals surface area contributed by atoms with Gasteiger partial charge in [-0.1, -0.05) is 53.3 Å². The van der Waals surface area contributed by atoms with Crippen LogP contribution in [-0.4, -0.2) is 40.5 Å². The number of ether oxygens (including phenoxy) is 2. The highest BCUT2D eigenvalue weighted by atomic mass is 35.5. The molecule has 202 valence electrons. The number of ketones is 1. The van der Waals surface area contributed by atoms with Crippen molar-refractivity contribution in [2.45, 2.75) is 32.9 Å². The zero-order valence-electron chi connectivity index (χ0n) is 21.2. The van der Waals surface area contributed by atoms with Crippen LogP contribution in [0.1, 0.15) is 46.4 Å². The number of hydrogen-bond donors (Lipinski definition) is 1. The molecule has 1 aliphatic heterocycles. The normalized spacial score (nSPS) is 16.6. The summed E-state index contributed by atoms with van der Waals surface area (Å²) in [6, 6.07) is 10.0. The van der Waals surface area contributed by atoms with Crippen molar-refractivity contribution in [2.75, 3.05) is 11.5 Å². The van der Waals surface area contributed by atoms with Crippen molar-refractivity contribution in [1.29, 1.82) is 0 Å². The quantitative estimate of drug-likeness (QED) is 0.105. The van der Waals surface area contributed by atoms with Gasteiger partial charge in [0.15, 0.2) is 5.13 Å². The Balaban J connectivity index is 1.86. The van der Waals surface area contributed by atoms with Crippen LogP contribution in [0.15, 0.2) is 60.7 Å². The number of Topliss-reactive ketones (excluding diaryl/α,β-unsaturated/α-hetero) is 1. The van der Waals surface area contributed by atoms with Crippen LogP contribution in [0.4, 0.5) is 5.13 Å². The summed E-state index contributed by atoms with van der Waals surface area (Å²) in [5.41, 5.74) is 0.867. The summed E-state index contributed by atoms with van der Waals surface area (Å²) < 4.78 is 10.8. The molecule has 1 unspecified atom stereocenters. The molecule has 0 radical (unpaired) electrons. The second-order valence-electron chi connectivity index (χ2n) is 8.83. The summed E-state index contributed by atoms with van der Waals surface area (Å²) in [5, 5.41) is 11.9. The number of aliphatic hydroxyl groups is 1. The fourth-order valence-electron chi connectivity index (χ4n) is 4.02. The first-order valence-corrected chi connectivity index (χ1v) is 13.4. The molecule has 1 aliphatic rings. The minimum absolute atomic E-state index is 0.000291.